The van der Waals surface area contributed by atoms with Crippen molar-refractivity contribution in [3.63, 3.8) is 0 Å². The van der Waals surface area contributed by atoms with E-state index in [4.69, 9.17) is 10.5 Å². The van der Waals surface area contributed by atoms with Crippen LogP contribution in [0.3, 0.4) is 0 Å². The quantitative estimate of drug-likeness (QED) is 0.841. The summed E-state index contributed by atoms with van der Waals surface area (Å²) in [6, 6.07) is 6.37. The largest absolute Gasteiger partial charge is 0.497 e. The first-order chi connectivity index (χ1) is 7.85. The zero-order valence-corrected chi connectivity index (χ0v) is 9.91. The highest BCUT2D eigenvalue weighted by atomic mass is 16.5. The van der Waals surface area contributed by atoms with Crippen LogP contribution in [-0.2, 0) is 6.42 Å². The van der Waals surface area contributed by atoms with Crippen LogP contribution in [0, 0.1) is 0 Å². The van der Waals surface area contributed by atoms with Gasteiger partial charge in [-0.1, -0.05) is 6.07 Å². The number of methoxy groups -OCH3 is 1. The molecule has 0 bridgehead atoms. The van der Waals surface area contributed by atoms with Crippen LogP contribution in [-0.4, -0.2) is 26.7 Å². The Kier molecular flexibility index (Phi) is 3.67. The van der Waals surface area contributed by atoms with E-state index in [1.54, 1.807) is 7.11 Å². The van der Waals surface area contributed by atoms with E-state index in [9.17, 15) is 0 Å². The summed E-state index contributed by atoms with van der Waals surface area (Å²) in [5.41, 5.74) is 8.34. The van der Waals surface area contributed by atoms with Crippen molar-refractivity contribution in [1.29, 1.82) is 0 Å². The molecule has 0 spiro atoms. The highest BCUT2D eigenvalue weighted by molar-refractivity contribution is 5.58. The van der Waals surface area contributed by atoms with Gasteiger partial charge in [0.15, 0.2) is 0 Å². The smallest absolute Gasteiger partial charge is 0.120 e. The van der Waals surface area contributed by atoms with E-state index < -0.39 is 0 Å². The summed E-state index contributed by atoms with van der Waals surface area (Å²) in [5, 5.41) is 0. The van der Waals surface area contributed by atoms with Crippen LogP contribution < -0.4 is 15.4 Å². The Balaban J connectivity index is 2.21. The third-order valence-corrected chi connectivity index (χ3v) is 3.14. The van der Waals surface area contributed by atoms with Gasteiger partial charge in [-0.25, -0.2) is 0 Å². The first kappa shape index (κ1) is 11.3. The van der Waals surface area contributed by atoms with Gasteiger partial charge in [-0.05, 0) is 37.4 Å². The topological polar surface area (TPSA) is 38.5 Å². The molecule has 2 N–H and O–H groups in total. The minimum atomic E-state index is 0.760. The van der Waals surface area contributed by atoms with E-state index in [1.165, 1.54) is 24.1 Å². The van der Waals surface area contributed by atoms with Crippen molar-refractivity contribution in [1.82, 2.24) is 0 Å². The molecule has 2 rings (SSSR count). The summed E-state index contributed by atoms with van der Waals surface area (Å²) in [5.74, 6) is 0.943. The van der Waals surface area contributed by atoms with Gasteiger partial charge in [0.2, 0.25) is 0 Å². The SMILES string of the molecule is COc1ccc2c(c1)N(CCCN)CCC2. The van der Waals surface area contributed by atoms with E-state index >= 15 is 0 Å². The summed E-state index contributed by atoms with van der Waals surface area (Å²) < 4.78 is 5.28. The number of nitrogens with zero attached hydrogens (tertiary/aromatic N) is 1. The first-order valence-corrected chi connectivity index (χ1v) is 5.97. The second-order valence-electron chi connectivity index (χ2n) is 4.23. The van der Waals surface area contributed by atoms with Gasteiger partial charge in [-0.15, -0.1) is 0 Å². The Bertz CT molecular complexity index is 352. The molecular weight excluding hydrogens is 200 g/mol. The molecule has 0 atom stereocenters. The molecule has 0 saturated carbocycles. The van der Waals surface area contributed by atoms with Crippen molar-refractivity contribution in [2.45, 2.75) is 19.3 Å². The summed E-state index contributed by atoms with van der Waals surface area (Å²) in [6.07, 6.45) is 3.47. The molecule has 1 aromatic carbocycles. The lowest BCUT2D eigenvalue weighted by atomic mass is 10.0. The van der Waals surface area contributed by atoms with Gasteiger partial charge in [0.1, 0.15) is 5.75 Å². The lowest BCUT2D eigenvalue weighted by Crippen LogP contribution is -2.31. The third kappa shape index (κ3) is 2.30. The van der Waals surface area contributed by atoms with Crippen molar-refractivity contribution in [3.05, 3.63) is 23.8 Å². The lowest BCUT2D eigenvalue weighted by molar-refractivity contribution is 0.414. The molecule has 3 heteroatoms. The van der Waals surface area contributed by atoms with Gasteiger partial charge in [-0.3, -0.25) is 0 Å². The molecule has 0 radical (unpaired) electrons. The summed E-state index contributed by atoms with van der Waals surface area (Å²) in [6.45, 7) is 2.95. The van der Waals surface area contributed by atoms with Crippen molar-refractivity contribution in [3.8, 4) is 5.75 Å². The number of aryl methyl sites for hydroxylation is 1. The second-order valence-corrected chi connectivity index (χ2v) is 4.23. The summed E-state index contributed by atoms with van der Waals surface area (Å²) in [7, 11) is 1.72. The number of ether oxygens (including phenoxy) is 1. The molecule has 0 amide bonds. The van der Waals surface area contributed by atoms with E-state index in [0.29, 0.717) is 0 Å². The van der Waals surface area contributed by atoms with E-state index in [0.717, 1.165) is 31.8 Å². The van der Waals surface area contributed by atoms with Crippen LogP contribution in [0.15, 0.2) is 18.2 Å². The van der Waals surface area contributed by atoms with Gasteiger partial charge in [0.25, 0.3) is 0 Å². The monoisotopic (exact) mass is 220 g/mol. The predicted molar refractivity (Wildman–Crippen MR) is 67.2 cm³/mol. The minimum Gasteiger partial charge on any atom is -0.497 e. The molecule has 1 aliphatic heterocycles. The van der Waals surface area contributed by atoms with Crippen LogP contribution in [0.5, 0.6) is 5.75 Å². The maximum atomic E-state index is 5.57. The Morgan fingerprint density at radius 3 is 3.06 bits per heavy atom. The Hall–Kier alpha value is -1.22. The maximum absolute atomic E-state index is 5.57. The fraction of sp³-hybridized carbons (Fsp3) is 0.538. The van der Waals surface area contributed by atoms with Crippen LogP contribution >= 0.6 is 0 Å². The lowest BCUT2D eigenvalue weighted by Gasteiger charge is -2.31. The average molecular weight is 220 g/mol. The van der Waals surface area contributed by atoms with Gasteiger partial charge in [0, 0.05) is 24.8 Å². The predicted octanol–water partition coefficient (Wildman–Crippen LogP) is 1.80. The number of benzene rings is 1. The number of fused-ring (bicyclic) bond motifs is 1. The molecule has 1 aromatic rings. The van der Waals surface area contributed by atoms with Crippen molar-refractivity contribution < 1.29 is 4.74 Å². The van der Waals surface area contributed by atoms with Gasteiger partial charge in [0.05, 0.1) is 7.11 Å². The van der Waals surface area contributed by atoms with Crippen molar-refractivity contribution >= 4 is 5.69 Å². The molecule has 0 aliphatic carbocycles. The highest BCUT2D eigenvalue weighted by Crippen LogP contribution is 2.30. The van der Waals surface area contributed by atoms with Crippen LogP contribution in [0.4, 0.5) is 5.69 Å². The van der Waals surface area contributed by atoms with Gasteiger partial charge < -0.3 is 15.4 Å². The number of anilines is 1. The average Bonchev–Trinajstić information content (AvgIpc) is 2.35. The molecule has 1 heterocycles. The molecule has 0 fully saturated rings. The molecular formula is C13H20N2O. The third-order valence-electron chi connectivity index (χ3n) is 3.14. The van der Waals surface area contributed by atoms with Crippen molar-refractivity contribution in [2.24, 2.45) is 5.73 Å². The Labute approximate surface area is 97.2 Å². The second kappa shape index (κ2) is 5.21. The van der Waals surface area contributed by atoms with Gasteiger partial charge in [-0.2, -0.15) is 0 Å². The van der Waals surface area contributed by atoms with E-state index in [1.807, 2.05) is 6.07 Å². The Morgan fingerprint density at radius 2 is 2.31 bits per heavy atom. The standard InChI is InChI=1S/C13H20N2O/c1-16-12-6-5-11-4-2-8-15(9-3-7-14)13(11)10-12/h5-6,10H,2-4,7-9,14H2,1H3. The fourth-order valence-corrected chi connectivity index (χ4v) is 2.27. The minimum absolute atomic E-state index is 0.760. The number of rotatable bonds is 4. The van der Waals surface area contributed by atoms with Gasteiger partial charge >= 0.3 is 0 Å². The number of nitrogens with two attached hydrogens (primary N) is 1. The fourth-order valence-electron chi connectivity index (χ4n) is 2.27. The molecule has 0 aromatic heterocycles. The number of hydrogen-bond donors (Lipinski definition) is 1. The van der Waals surface area contributed by atoms with E-state index in [-0.39, 0.29) is 0 Å². The molecule has 1 aliphatic rings. The summed E-state index contributed by atoms with van der Waals surface area (Å²) in [4.78, 5) is 2.42. The zero-order chi connectivity index (χ0) is 11.4. The van der Waals surface area contributed by atoms with Crippen molar-refractivity contribution in [2.75, 3.05) is 31.6 Å². The van der Waals surface area contributed by atoms with E-state index in [2.05, 4.69) is 17.0 Å². The van der Waals surface area contributed by atoms with Crippen LogP contribution in [0.2, 0.25) is 0 Å². The molecule has 88 valence electrons. The molecule has 16 heavy (non-hydrogen) atoms. The normalized spacial score (nSPS) is 14.8. The summed E-state index contributed by atoms with van der Waals surface area (Å²) >= 11 is 0. The molecule has 3 nitrogen and oxygen atoms in total. The van der Waals surface area contributed by atoms with Crippen LogP contribution in [0.25, 0.3) is 0 Å². The Morgan fingerprint density at radius 1 is 1.44 bits per heavy atom. The van der Waals surface area contributed by atoms with Crippen LogP contribution in [0.1, 0.15) is 18.4 Å². The highest BCUT2D eigenvalue weighted by Gasteiger charge is 2.16. The zero-order valence-electron chi connectivity index (χ0n) is 9.91. The molecule has 0 unspecified atom stereocenters. The number of hydrogen-bond acceptors (Lipinski definition) is 3. The maximum Gasteiger partial charge on any atom is 0.120 e. The molecule has 0 saturated heterocycles. The first-order valence-electron chi connectivity index (χ1n) is 5.97.